The first-order valence-electron chi connectivity index (χ1n) is 12.4. The maximum Gasteiger partial charge on any atom is 0.264 e. The summed E-state index contributed by atoms with van der Waals surface area (Å²) >= 11 is 6.10. The molecule has 2 aromatic carbocycles. The number of halogens is 1. The molecule has 11 heteroatoms. The number of hydrogen-bond donors (Lipinski definition) is 3. The Morgan fingerprint density at radius 2 is 1.89 bits per heavy atom. The first kappa shape index (κ1) is 25.4. The van der Waals surface area contributed by atoms with Gasteiger partial charge in [-0.15, -0.1) is 0 Å². The maximum absolute atomic E-state index is 12.9. The van der Waals surface area contributed by atoms with E-state index in [0.29, 0.717) is 18.0 Å². The van der Waals surface area contributed by atoms with Crippen molar-refractivity contribution < 1.29 is 8.42 Å². The van der Waals surface area contributed by atoms with Crippen LogP contribution in [0.2, 0.25) is 5.02 Å². The van der Waals surface area contributed by atoms with E-state index in [1.165, 1.54) is 12.1 Å². The topological polar surface area (TPSA) is 128 Å². The Kier molecular flexibility index (Phi) is 7.06. The summed E-state index contributed by atoms with van der Waals surface area (Å²) in [6.45, 7) is 2.09. The molecular formula is C26H30ClN7O2S. The van der Waals surface area contributed by atoms with Gasteiger partial charge in [0.1, 0.15) is 4.90 Å². The van der Waals surface area contributed by atoms with Crippen molar-refractivity contribution in [1.29, 1.82) is 0 Å². The lowest BCUT2D eigenvalue weighted by Crippen LogP contribution is -2.33. The predicted molar refractivity (Wildman–Crippen MR) is 147 cm³/mol. The van der Waals surface area contributed by atoms with E-state index in [0.717, 1.165) is 59.8 Å². The van der Waals surface area contributed by atoms with Gasteiger partial charge >= 0.3 is 0 Å². The average Bonchev–Trinajstić information content (AvgIpc) is 3.24. The summed E-state index contributed by atoms with van der Waals surface area (Å²) in [6.07, 6.45) is 6.67. The number of rotatable bonds is 7. The van der Waals surface area contributed by atoms with Crippen LogP contribution in [0.4, 0.5) is 11.8 Å². The molecule has 1 aliphatic rings. The van der Waals surface area contributed by atoms with Crippen LogP contribution < -0.4 is 15.8 Å². The third-order valence-corrected chi connectivity index (χ3v) is 8.64. The number of fused-ring (bicyclic) bond motifs is 1. The molecule has 194 valence electrons. The van der Waals surface area contributed by atoms with E-state index in [4.69, 9.17) is 22.3 Å². The summed E-state index contributed by atoms with van der Waals surface area (Å²) < 4.78 is 29.9. The molecule has 1 fully saturated rings. The number of nitrogens with one attached hydrogen (secondary N) is 2. The lowest BCUT2D eigenvalue weighted by Gasteiger charge is -2.26. The van der Waals surface area contributed by atoms with Crippen molar-refractivity contribution in [2.24, 2.45) is 12.8 Å². The zero-order chi connectivity index (χ0) is 26.2. The second-order valence-corrected chi connectivity index (χ2v) is 11.5. The standard InChI is InChI=1S/C26H30ClN7O2S/c1-3-16-12-17(13-18-15-29-26(31-25(16)18)30-20-10-8-19(28)9-11-20)22-14-24(32-34(22)2)33-37(35,36)23-7-5-4-6-21(23)27/h4-7,12-15,19-20H,3,8-11,28H2,1-2H3,(H,32,33)(H,29,30,31). The third kappa shape index (κ3) is 5.41. The van der Waals surface area contributed by atoms with Crippen molar-refractivity contribution in [3.8, 4) is 11.3 Å². The Balaban J connectivity index is 1.43. The first-order chi connectivity index (χ1) is 17.7. The predicted octanol–water partition coefficient (Wildman–Crippen LogP) is 4.73. The van der Waals surface area contributed by atoms with Crippen LogP contribution in [-0.2, 0) is 23.5 Å². The molecule has 0 aliphatic heterocycles. The molecule has 37 heavy (non-hydrogen) atoms. The normalized spacial score (nSPS) is 18.2. The molecule has 0 bridgehead atoms. The summed E-state index contributed by atoms with van der Waals surface area (Å²) in [5, 5.41) is 8.91. The largest absolute Gasteiger partial charge is 0.351 e. The summed E-state index contributed by atoms with van der Waals surface area (Å²) in [5.74, 6) is 0.839. The number of nitrogens with two attached hydrogens (primary N) is 1. The maximum atomic E-state index is 12.9. The highest BCUT2D eigenvalue weighted by molar-refractivity contribution is 7.92. The molecule has 0 radical (unpaired) electrons. The van der Waals surface area contributed by atoms with Crippen molar-refractivity contribution in [2.75, 3.05) is 10.0 Å². The molecule has 0 saturated heterocycles. The minimum Gasteiger partial charge on any atom is -0.351 e. The molecule has 4 N–H and O–H groups in total. The Labute approximate surface area is 221 Å². The minimum atomic E-state index is -3.89. The molecular weight excluding hydrogens is 510 g/mol. The molecule has 0 atom stereocenters. The average molecular weight is 540 g/mol. The number of anilines is 2. The van der Waals surface area contributed by atoms with E-state index in [1.807, 2.05) is 12.3 Å². The number of benzene rings is 2. The smallest absolute Gasteiger partial charge is 0.264 e. The van der Waals surface area contributed by atoms with Crippen LogP contribution in [0.3, 0.4) is 0 Å². The number of hydrogen-bond acceptors (Lipinski definition) is 7. The molecule has 1 aliphatic carbocycles. The van der Waals surface area contributed by atoms with Gasteiger partial charge in [0, 0.05) is 42.3 Å². The van der Waals surface area contributed by atoms with Crippen LogP contribution >= 0.6 is 11.6 Å². The lowest BCUT2D eigenvalue weighted by atomic mass is 9.92. The van der Waals surface area contributed by atoms with Crippen LogP contribution in [0.15, 0.2) is 53.6 Å². The van der Waals surface area contributed by atoms with Gasteiger partial charge in [0.25, 0.3) is 10.0 Å². The fourth-order valence-corrected chi connectivity index (χ4v) is 6.30. The SMILES string of the molecule is CCc1cc(-c2cc(NS(=O)(=O)c3ccccc3Cl)nn2C)cc2cnc(NC3CCC(N)CC3)nc12. The quantitative estimate of drug-likeness (QED) is 0.310. The van der Waals surface area contributed by atoms with Gasteiger partial charge in [0.05, 0.1) is 16.2 Å². The lowest BCUT2D eigenvalue weighted by molar-refractivity contribution is 0.410. The highest BCUT2D eigenvalue weighted by atomic mass is 35.5. The number of nitrogens with zero attached hydrogens (tertiary/aromatic N) is 4. The van der Waals surface area contributed by atoms with Crippen molar-refractivity contribution in [2.45, 2.75) is 56.0 Å². The number of sulfonamides is 1. The number of aryl methyl sites for hydroxylation is 2. The molecule has 2 heterocycles. The number of aromatic nitrogens is 4. The van der Waals surface area contributed by atoms with Gasteiger partial charge in [0.2, 0.25) is 5.95 Å². The summed E-state index contributed by atoms with van der Waals surface area (Å²) in [5.41, 5.74) is 9.66. The van der Waals surface area contributed by atoms with Crippen LogP contribution in [0, 0.1) is 0 Å². The van der Waals surface area contributed by atoms with Gasteiger partial charge in [-0.3, -0.25) is 9.40 Å². The molecule has 2 aromatic heterocycles. The van der Waals surface area contributed by atoms with Gasteiger partial charge in [0.15, 0.2) is 5.82 Å². The highest BCUT2D eigenvalue weighted by Gasteiger charge is 2.21. The van der Waals surface area contributed by atoms with E-state index in [1.54, 1.807) is 29.9 Å². The van der Waals surface area contributed by atoms with Crippen molar-refractivity contribution in [3.63, 3.8) is 0 Å². The second-order valence-electron chi connectivity index (χ2n) is 9.45. The highest BCUT2D eigenvalue weighted by Crippen LogP contribution is 2.30. The molecule has 0 unspecified atom stereocenters. The van der Waals surface area contributed by atoms with E-state index in [2.05, 4.69) is 33.1 Å². The summed E-state index contributed by atoms with van der Waals surface area (Å²) in [4.78, 5) is 9.40. The fraction of sp³-hybridized carbons (Fsp3) is 0.346. The Bertz CT molecular complexity index is 1550. The van der Waals surface area contributed by atoms with E-state index < -0.39 is 10.0 Å². The van der Waals surface area contributed by atoms with Gasteiger partial charge in [-0.25, -0.2) is 18.4 Å². The van der Waals surface area contributed by atoms with Gasteiger partial charge in [-0.2, -0.15) is 5.10 Å². The van der Waals surface area contributed by atoms with Gasteiger partial charge in [-0.1, -0.05) is 30.7 Å². The van der Waals surface area contributed by atoms with Crippen LogP contribution in [-0.4, -0.2) is 40.2 Å². The Morgan fingerprint density at radius 3 is 2.62 bits per heavy atom. The van der Waals surface area contributed by atoms with E-state index >= 15 is 0 Å². The van der Waals surface area contributed by atoms with Crippen LogP contribution in [0.1, 0.15) is 38.2 Å². The summed E-state index contributed by atoms with van der Waals surface area (Å²) in [7, 11) is -2.11. The molecule has 9 nitrogen and oxygen atoms in total. The molecule has 1 saturated carbocycles. The molecule has 0 spiro atoms. The van der Waals surface area contributed by atoms with Crippen molar-refractivity contribution >= 4 is 44.3 Å². The van der Waals surface area contributed by atoms with Gasteiger partial charge in [-0.05, 0) is 61.9 Å². The zero-order valence-corrected chi connectivity index (χ0v) is 22.4. The third-order valence-electron chi connectivity index (χ3n) is 6.79. The summed E-state index contributed by atoms with van der Waals surface area (Å²) in [6, 6.07) is 12.7. The second kappa shape index (κ2) is 10.3. The van der Waals surface area contributed by atoms with Crippen LogP contribution in [0.5, 0.6) is 0 Å². The van der Waals surface area contributed by atoms with Gasteiger partial charge < -0.3 is 11.1 Å². The molecule has 4 aromatic rings. The zero-order valence-electron chi connectivity index (χ0n) is 20.8. The first-order valence-corrected chi connectivity index (χ1v) is 14.2. The van der Waals surface area contributed by atoms with Crippen molar-refractivity contribution in [3.05, 3.63) is 59.2 Å². The molecule has 5 rings (SSSR count). The monoisotopic (exact) mass is 539 g/mol. The Morgan fingerprint density at radius 1 is 1.14 bits per heavy atom. The van der Waals surface area contributed by atoms with Crippen LogP contribution in [0.25, 0.3) is 22.2 Å². The van der Waals surface area contributed by atoms with E-state index in [-0.39, 0.29) is 15.7 Å². The fourth-order valence-electron chi connectivity index (χ4n) is 4.79. The molecule has 0 amide bonds. The van der Waals surface area contributed by atoms with Crippen molar-refractivity contribution in [1.82, 2.24) is 19.7 Å². The Hall–Kier alpha value is -3.21. The van der Waals surface area contributed by atoms with E-state index in [9.17, 15) is 8.42 Å². The minimum absolute atomic E-state index is 0.000443.